The van der Waals surface area contributed by atoms with Crippen LogP contribution in [-0.2, 0) is 13.0 Å². The number of amides is 1. The van der Waals surface area contributed by atoms with E-state index in [1.807, 2.05) is 44.2 Å². The van der Waals surface area contributed by atoms with E-state index in [-0.39, 0.29) is 5.91 Å². The van der Waals surface area contributed by atoms with Crippen molar-refractivity contribution in [3.8, 4) is 0 Å². The van der Waals surface area contributed by atoms with Gasteiger partial charge in [0.05, 0.1) is 5.60 Å². The third-order valence-electron chi connectivity index (χ3n) is 4.09. The number of nitrogens with one attached hydrogen (secondary N) is 1. The predicted octanol–water partition coefficient (Wildman–Crippen LogP) is 3.33. The van der Waals surface area contributed by atoms with Crippen molar-refractivity contribution in [3.63, 3.8) is 0 Å². The average Bonchev–Trinajstić information content (AvgIpc) is 2.53. The van der Waals surface area contributed by atoms with Gasteiger partial charge < -0.3 is 10.4 Å². The maximum absolute atomic E-state index is 12.2. The maximum Gasteiger partial charge on any atom is 0.251 e. The fraction of sp³-hybridized carbons (Fsp3) is 0.400. The van der Waals surface area contributed by atoms with Crippen LogP contribution in [0.25, 0.3) is 0 Å². The van der Waals surface area contributed by atoms with Crippen LogP contribution >= 0.6 is 0 Å². The molecule has 1 aromatic carbocycles. The van der Waals surface area contributed by atoms with E-state index < -0.39 is 5.60 Å². The van der Waals surface area contributed by atoms with Gasteiger partial charge >= 0.3 is 0 Å². The van der Waals surface area contributed by atoms with Crippen LogP contribution in [0.4, 0.5) is 0 Å². The highest BCUT2D eigenvalue weighted by molar-refractivity contribution is 5.94. The summed E-state index contributed by atoms with van der Waals surface area (Å²) in [6.45, 7) is 8.05. The van der Waals surface area contributed by atoms with Crippen LogP contribution in [0.15, 0.2) is 36.5 Å². The van der Waals surface area contributed by atoms with E-state index in [9.17, 15) is 9.90 Å². The second-order valence-corrected chi connectivity index (χ2v) is 6.94. The van der Waals surface area contributed by atoms with Crippen LogP contribution in [0.1, 0.15) is 53.0 Å². The van der Waals surface area contributed by atoms with Gasteiger partial charge in [-0.1, -0.05) is 18.2 Å². The van der Waals surface area contributed by atoms with Crippen LogP contribution in [0.2, 0.25) is 0 Å². The van der Waals surface area contributed by atoms with E-state index in [2.05, 4.69) is 10.3 Å². The monoisotopic (exact) mass is 326 g/mol. The number of aromatic nitrogens is 1. The molecule has 0 bridgehead atoms. The molecule has 0 aliphatic heterocycles. The van der Waals surface area contributed by atoms with Gasteiger partial charge in [0.15, 0.2) is 0 Å². The average molecular weight is 326 g/mol. The molecule has 24 heavy (non-hydrogen) atoms. The number of aliphatic hydroxyl groups is 1. The highest BCUT2D eigenvalue weighted by Crippen LogP contribution is 2.14. The van der Waals surface area contributed by atoms with Crippen molar-refractivity contribution in [2.75, 3.05) is 0 Å². The first-order valence-electron chi connectivity index (χ1n) is 8.26. The van der Waals surface area contributed by atoms with Gasteiger partial charge in [0.2, 0.25) is 0 Å². The Bertz CT molecular complexity index is 701. The van der Waals surface area contributed by atoms with Crippen molar-refractivity contribution in [3.05, 3.63) is 64.5 Å². The van der Waals surface area contributed by atoms with E-state index >= 15 is 0 Å². The minimum absolute atomic E-state index is 0.0951. The molecule has 0 unspecified atom stereocenters. The molecule has 4 heteroatoms. The number of hydrogen-bond donors (Lipinski definition) is 2. The van der Waals surface area contributed by atoms with E-state index in [1.165, 1.54) is 0 Å². The molecule has 0 saturated carbocycles. The Balaban J connectivity index is 1.91. The molecule has 1 aromatic heterocycles. The largest absolute Gasteiger partial charge is 0.390 e. The first kappa shape index (κ1) is 18.1. The van der Waals surface area contributed by atoms with Crippen LogP contribution < -0.4 is 5.32 Å². The molecule has 0 fully saturated rings. The Morgan fingerprint density at radius 1 is 1.17 bits per heavy atom. The Kier molecular flexibility index (Phi) is 5.73. The molecular formula is C20H26N2O2. The predicted molar refractivity (Wildman–Crippen MR) is 95.9 cm³/mol. The molecule has 1 amide bonds. The molecule has 1 heterocycles. The molecule has 4 nitrogen and oxygen atoms in total. The lowest BCUT2D eigenvalue weighted by atomic mass is 9.98. The lowest BCUT2D eigenvalue weighted by Crippen LogP contribution is -2.23. The number of hydrogen-bond acceptors (Lipinski definition) is 3. The Morgan fingerprint density at radius 3 is 2.42 bits per heavy atom. The first-order valence-corrected chi connectivity index (χ1v) is 8.26. The Hall–Kier alpha value is -2.20. The standard InChI is InChI=1S/C20H26N2O2/c1-14-11-17(12-21-15(14)2)13-22-19(23)18-7-5-16(6-8-18)9-10-20(3,4)24/h5-8,11-12,24H,9-10,13H2,1-4H3,(H,22,23). The molecule has 0 radical (unpaired) electrons. The lowest BCUT2D eigenvalue weighted by molar-refractivity contribution is 0.0713. The minimum Gasteiger partial charge on any atom is -0.390 e. The van der Waals surface area contributed by atoms with Crippen LogP contribution in [0, 0.1) is 13.8 Å². The summed E-state index contributed by atoms with van der Waals surface area (Å²) >= 11 is 0. The number of nitrogens with zero attached hydrogens (tertiary/aromatic N) is 1. The fourth-order valence-corrected chi connectivity index (χ4v) is 2.36. The molecule has 2 rings (SSSR count). The molecule has 2 aromatic rings. The van der Waals surface area contributed by atoms with Crippen LogP contribution in [0.5, 0.6) is 0 Å². The van der Waals surface area contributed by atoms with Crippen molar-refractivity contribution in [2.45, 2.75) is 52.7 Å². The number of carbonyl (C=O) groups is 1. The van der Waals surface area contributed by atoms with Crippen molar-refractivity contribution in [1.82, 2.24) is 10.3 Å². The van der Waals surface area contributed by atoms with Gasteiger partial charge in [-0.15, -0.1) is 0 Å². The number of benzene rings is 1. The van der Waals surface area contributed by atoms with Gasteiger partial charge in [0, 0.05) is 24.0 Å². The first-order chi connectivity index (χ1) is 11.2. The molecule has 0 aliphatic rings. The number of aryl methyl sites for hydroxylation is 3. The molecule has 128 valence electrons. The van der Waals surface area contributed by atoms with E-state index in [0.29, 0.717) is 18.5 Å². The molecule has 2 N–H and O–H groups in total. The van der Waals surface area contributed by atoms with Crippen molar-refractivity contribution in [1.29, 1.82) is 0 Å². The normalized spacial score (nSPS) is 11.4. The second kappa shape index (κ2) is 7.58. The third-order valence-corrected chi connectivity index (χ3v) is 4.09. The molecule has 0 spiro atoms. The third kappa shape index (κ3) is 5.46. The summed E-state index contributed by atoms with van der Waals surface area (Å²) in [5, 5.41) is 12.7. The van der Waals surface area contributed by atoms with Gasteiger partial charge in [0.25, 0.3) is 5.91 Å². The summed E-state index contributed by atoms with van der Waals surface area (Å²) in [6.07, 6.45) is 3.28. The summed E-state index contributed by atoms with van der Waals surface area (Å²) in [5.74, 6) is -0.0951. The van der Waals surface area contributed by atoms with E-state index in [4.69, 9.17) is 0 Å². The van der Waals surface area contributed by atoms with Gasteiger partial charge in [0.1, 0.15) is 0 Å². The molecular weight excluding hydrogens is 300 g/mol. The topological polar surface area (TPSA) is 62.2 Å². The lowest BCUT2D eigenvalue weighted by Gasteiger charge is -2.16. The summed E-state index contributed by atoms with van der Waals surface area (Å²) in [4.78, 5) is 16.5. The van der Waals surface area contributed by atoms with E-state index in [0.717, 1.165) is 28.8 Å². The molecule has 0 atom stereocenters. The zero-order valence-electron chi connectivity index (χ0n) is 14.9. The number of carbonyl (C=O) groups excluding carboxylic acids is 1. The molecule has 0 saturated heterocycles. The van der Waals surface area contributed by atoms with Gasteiger partial charge in [-0.05, 0) is 69.4 Å². The summed E-state index contributed by atoms with van der Waals surface area (Å²) in [7, 11) is 0. The number of pyridine rings is 1. The van der Waals surface area contributed by atoms with Crippen molar-refractivity contribution >= 4 is 5.91 Å². The zero-order chi connectivity index (χ0) is 17.7. The maximum atomic E-state index is 12.2. The highest BCUT2D eigenvalue weighted by Gasteiger charge is 2.12. The fourth-order valence-electron chi connectivity index (χ4n) is 2.36. The van der Waals surface area contributed by atoms with Gasteiger partial charge in [-0.2, -0.15) is 0 Å². The van der Waals surface area contributed by atoms with Crippen molar-refractivity contribution in [2.24, 2.45) is 0 Å². The SMILES string of the molecule is Cc1cc(CNC(=O)c2ccc(CCC(C)(C)O)cc2)cnc1C. The highest BCUT2D eigenvalue weighted by atomic mass is 16.3. The van der Waals surface area contributed by atoms with Gasteiger partial charge in [-0.3, -0.25) is 9.78 Å². The van der Waals surface area contributed by atoms with Crippen LogP contribution in [-0.4, -0.2) is 21.6 Å². The summed E-state index contributed by atoms with van der Waals surface area (Å²) < 4.78 is 0. The summed E-state index contributed by atoms with van der Waals surface area (Å²) in [6, 6.07) is 9.58. The van der Waals surface area contributed by atoms with Crippen LogP contribution in [0.3, 0.4) is 0 Å². The smallest absolute Gasteiger partial charge is 0.251 e. The zero-order valence-corrected chi connectivity index (χ0v) is 14.9. The van der Waals surface area contributed by atoms with Gasteiger partial charge in [-0.25, -0.2) is 0 Å². The van der Waals surface area contributed by atoms with Crippen molar-refractivity contribution < 1.29 is 9.90 Å². The second-order valence-electron chi connectivity index (χ2n) is 6.94. The Labute approximate surface area is 143 Å². The van der Waals surface area contributed by atoms with E-state index in [1.54, 1.807) is 20.0 Å². The summed E-state index contributed by atoms with van der Waals surface area (Å²) in [5.41, 5.74) is 4.21. The number of rotatable bonds is 6. The Morgan fingerprint density at radius 2 is 1.83 bits per heavy atom. The molecule has 0 aliphatic carbocycles. The quantitative estimate of drug-likeness (QED) is 0.856. The minimum atomic E-state index is -0.670.